The van der Waals surface area contributed by atoms with Crippen molar-refractivity contribution in [2.75, 3.05) is 0 Å². The van der Waals surface area contributed by atoms with E-state index in [0.29, 0.717) is 10.6 Å². The van der Waals surface area contributed by atoms with Gasteiger partial charge in [0.25, 0.3) is 0 Å². The van der Waals surface area contributed by atoms with E-state index in [4.69, 9.17) is 17.3 Å². The monoisotopic (exact) mass is 185 g/mol. The Morgan fingerprint density at radius 2 is 2.08 bits per heavy atom. The molecule has 0 spiro atoms. The summed E-state index contributed by atoms with van der Waals surface area (Å²) in [5.74, 6) is 0.206. The second-order valence-electron chi connectivity index (χ2n) is 2.90. The van der Waals surface area contributed by atoms with Gasteiger partial charge in [0.1, 0.15) is 5.75 Å². The van der Waals surface area contributed by atoms with Gasteiger partial charge in [-0.2, -0.15) is 0 Å². The fraction of sp³-hybridized carbons (Fsp3) is 0.333. The topological polar surface area (TPSA) is 46.2 Å². The predicted octanol–water partition coefficient (Wildman–Crippen LogP) is 2.37. The molecule has 0 aliphatic carbocycles. The molecule has 0 fully saturated rings. The van der Waals surface area contributed by atoms with Crippen molar-refractivity contribution >= 4 is 11.6 Å². The number of hydrogen-bond acceptors (Lipinski definition) is 2. The van der Waals surface area contributed by atoms with Gasteiger partial charge < -0.3 is 10.8 Å². The summed E-state index contributed by atoms with van der Waals surface area (Å²) in [5.41, 5.74) is 7.05. The van der Waals surface area contributed by atoms with Crippen LogP contribution < -0.4 is 5.73 Å². The molecule has 0 heterocycles. The molecule has 3 N–H and O–H groups in total. The van der Waals surface area contributed by atoms with Crippen LogP contribution in [0.1, 0.15) is 24.1 Å². The first-order valence-corrected chi connectivity index (χ1v) is 4.15. The standard InChI is InChI=1S/C9H12ClNO/c1-5-8(10)4-3-7(6(2)11)9(5)12/h3-4,6,12H,11H2,1-2H3. The molecule has 1 unspecified atom stereocenters. The Morgan fingerprint density at radius 1 is 1.50 bits per heavy atom. The summed E-state index contributed by atoms with van der Waals surface area (Å²) in [5, 5.41) is 10.2. The Labute approximate surface area is 77.0 Å². The molecule has 0 saturated heterocycles. The fourth-order valence-corrected chi connectivity index (χ4v) is 1.22. The lowest BCUT2D eigenvalue weighted by Crippen LogP contribution is -2.05. The van der Waals surface area contributed by atoms with Crippen molar-refractivity contribution < 1.29 is 5.11 Å². The van der Waals surface area contributed by atoms with Crippen molar-refractivity contribution in [3.8, 4) is 5.75 Å². The second kappa shape index (κ2) is 3.33. The lowest BCUT2D eigenvalue weighted by Gasteiger charge is -2.10. The van der Waals surface area contributed by atoms with E-state index < -0.39 is 0 Å². The van der Waals surface area contributed by atoms with E-state index in [1.807, 2.05) is 6.92 Å². The third kappa shape index (κ3) is 1.54. The molecule has 1 aromatic carbocycles. The third-order valence-corrected chi connectivity index (χ3v) is 2.30. The summed E-state index contributed by atoms with van der Waals surface area (Å²) in [7, 11) is 0. The average Bonchev–Trinajstić information content (AvgIpc) is 2.00. The molecule has 1 rings (SSSR count). The molecule has 2 nitrogen and oxygen atoms in total. The maximum atomic E-state index is 9.58. The van der Waals surface area contributed by atoms with Crippen LogP contribution in [-0.4, -0.2) is 5.11 Å². The molecule has 0 saturated carbocycles. The predicted molar refractivity (Wildman–Crippen MR) is 50.5 cm³/mol. The van der Waals surface area contributed by atoms with E-state index in [0.717, 1.165) is 5.56 Å². The van der Waals surface area contributed by atoms with Crippen molar-refractivity contribution in [3.63, 3.8) is 0 Å². The number of hydrogen-bond donors (Lipinski definition) is 2. The van der Waals surface area contributed by atoms with Crippen molar-refractivity contribution in [2.24, 2.45) is 5.73 Å². The first-order valence-electron chi connectivity index (χ1n) is 3.77. The minimum absolute atomic E-state index is 0.166. The van der Waals surface area contributed by atoms with Gasteiger partial charge in [0.15, 0.2) is 0 Å². The molecule has 1 aromatic rings. The molecule has 0 aliphatic rings. The average molecular weight is 186 g/mol. The smallest absolute Gasteiger partial charge is 0.124 e. The second-order valence-corrected chi connectivity index (χ2v) is 3.31. The van der Waals surface area contributed by atoms with Crippen LogP contribution in [0.15, 0.2) is 12.1 Å². The molecule has 66 valence electrons. The quantitative estimate of drug-likeness (QED) is 0.706. The maximum Gasteiger partial charge on any atom is 0.124 e. The number of phenolic OH excluding ortho intramolecular Hbond substituents is 1. The van der Waals surface area contributed by atoms with Gasteiger partial charge in [-0.05, 0) is 19.9 Å². The fourth-order valence-electron chi connectivity index (χ4n) is 1.06. The van der Waals surface area contributed by atoms with Crippen LogP contribution >= 0.6 is 11.6 Å². The van der Waals surface area contributed by atoms with E-state index in [1.165, 1.54) is 0 Å². The van der Waals surface area contributed by atoms with Crippen molar-refractivity contribution in [3.05, 3.63) is 28.3 Å². The molecule has 3 heteroatoms. The highest BCUT2D eigenvalue weighted by molar-refractivity contribution is 6.31. The lowest BCUT2D eigenvalue weighted by molar-refractivity contribution is 0.459. The molecule has 0 aliphatic heterocycles. The first-order chi connectivity index (χ1) is 5.54. The van der Waals surface area contributed by atoms with Gasteiger partial charge in [0.2, 0.25) is 0 Å². The highest BCUT2D eigenvalue weighted by atomic mass is 35.5. The SMILES string of the molecule is Cc1c(Cl)ccc(C(C)N)c1O. The zero-order valence-corrected chi connectivity index (χ0v) is 7.89. The Hall–Kier alpha value is -0.730. The molecule has 0 amide bonds. The van der Waals surface area contributed by atoms with Crippen LogP contribution in [0, 0.1) is 6.92 Å². The normalized spacial score (nSPS) is 13.0. The molecular weight excluding hydrogens is 174 g/mol. The first kappa shape index (κ1) is 9.36. The Balaban J connectivity index is 3.27. The summed E-state index contributed by atoms with van der Waals surface area (Å²) < 4.78 is 0. The molecular formula is C9H12ClNO. The summed E-state index contributed by atoms with van der Waals surface area (Å²) in [6, 6.07) is 3.32. The number of phenols is 1. The molecule has 12 heavy (non-hydrogen) atoms. The van der Waals surface area contributed by atoms with Gasteiger partial charge in [-0.1, -0.05) is 17.7 Å². The largest absolute Gasteiger partial charge is 0.507 e. The van der Waals surface area contributed by atoms with E-state index >= 15 is 0 Å². The van der Waals surface area contributed by atoms with Crippen LogP contribution in [0.2, 0.25) is 5.02 Å². The zero-order chi connectivity index (χ0) is 9.30. The Morgan fingerprint density at radius 3 is 2.58 bits per heavy atom. The van der Waals surface area contributed by atoms with E-state index in [9.17, 15) is 5.11 Å². The molecule has 0 aromatic heterocycles. The van der Waals surface area contributed by atoms with Gasteiger partial charge in [-0.3, -0.25) is 0 Å². The minimum atomic E-state index is -0.166. The van der Waals surface area contributed by atoms with E-state index in [2.05, 4.69) is 0 Å². The summed E-state index contributed by atoms with van der Waals surface area (Å²) in [6.07, 6.45) is 0. The van der Waals surface area contributed by atoms with Crippen molar-refractivity contribution in [1.29, 1.82) is 0 Å². The van der Waals surface area contributed by atoms with E-state index in [-0.39, 0.29) is 11.8 Å². The summed E-state index contributed by atoms with van der Waals surface area (Å²) in [4.78, 5) is 0. The van der Waals surface area contributed by atoms with Crippen LogP contribution in [0.25, 0.3) is 0 Å². The highest BCUT2D eigenvalue weighted by Gasteiger charge is 2.09. The summed E-state index contributed by atoms with van der Waals surface area (Å²) in [6.45, 7) is 3.59. The highest BCUT2D eigenvalue weighted by Crippen LogP contribution is 2.31. The number of aromatic hydroxyl groups is 1. The zero-order valence-electron chi connectivity index (χ0n) is 7.13. The number of halogens is 1. The molecule has 1 atom stereocenters. The van der Waals surface area contributed by atoms with Gasteiger partial charge in [0, 0.05) is 22.2 Å². The van der Waals surface area contributed by atoms with Gasteiger partial charge in [0.05, 0.1) is 0 Å². The van der Waals surface area contributed by atoms with Crippen LogP contribution in [0.5, 0.6) is 5.75 Å². The molecule has 0 radical (unpaired) electrons. The number of nitrogens with two attached hydrogens (primary N) is 1. The summed E-state index contributed by atoms with van der Waals surface area (Å²) >= 11 is 5.79. The number of rotatable bonds is 1. The third-order valence-electron chi connectivity index (χ3n) is 1.89. The van der Waals surface area contributed by atoms with Crippen molar-refractivity contribution in [2.45, 2.75) is 19.9 Å². The minimum Gasteiger partial charge on any atom is -0.507 e. The van der Waals surface area contributed by atoms with Crippen LogP contribution in [0.3, 0.4) is 0 Å². The van der Waals surface area contributed by atoms with Crippen LogP contribution in [0.4, 0.5) is 0 Å². The molecule has 0 bridgehead atoms. The Bertz CT molecular complexity index is 297. The van der Waals surface area contributed by atoms with Gasteiger partial charge in [-0.25, -0.2) is 0 Å². The van der Waals surface area contributed by atoms with Crippen LogP contribution in [-0.2, 0) is 0 Å². The van der Waals surface area contributed by atoms with Crippen molar-refractivity contribution in [1.82, 2.24) is 0 Å². The number of benzene rings is 1. The lowest BCUT2D eigenvalue weighted by atomic mass is 10.0. The van der Waals surface area contributed by atoms with E-state index in [1.54, 1.807) is 19.1 Å². The van der Waals surface area contributed by atoms with Gasteiger partial charge >= 0.3 is 0 Å². The van der Waals surface area contributed by atoms with Gasteiger partial charge in [-0.15, -0.1) is 0 Å². The Kier molecular flexibility index (Phi) is 2.60. The maximum absolute atomic E-state index is 9.58.